The molecule has 3 aromatic carbocycles. The summed E-state index contributed by atoms with van der Waals surface area (Å²) in [5.41, 5.74) is 5.28. The molecule has 2 aliphatic rings. The molecule has 1 fully saturated rings. The van der Waals surface area contributed by atoms with E-state index in [1.807, 2.05) is 36.4 Å². The van der Waals surface area contributed by atoms with Crippen LogP contribution in [0.15, 0.2) is 72.8 Å². The van der Waals surface area contributed by atoms with Crippen LogP contribution < -0.4 is 10.1 Å². The van der Waals surface area contributed by atoms with Crippen LogP contribution in [0.5, 0.6) is 5.75 Å². The molecular weight excluding hydrogens is 408 g/mol. The number of methoxy groups -OCH3 is 1. The first-order valence-corrected chi connectivity index (χ1v) is 12.0. The number of fused-ring (bicyclic) bond motifs is 1. The van der Waals surface area contributed by atoms with Gasteiger partial charge in [0.2, 0.25) is 0 Å². The molecular formula is C29H32N2O2. The summed E-state index contributed by atoms with van der Waals surface area (Å²) in [6, 6.07) is 25.0. The number of piperidine rings is 1. The van der Waals surface area contributed by atoms with Crippen LogP contribution in [0, 0.1) is 0 Å². The van der Waals surface area contributed by atoms with Crippen LogP contribution in [-0.4, -0.2) is 36.4 Å². The minimum atomic E-state index is -0.275. The largest absolute Gasteiger partial charge is 0.497 e. The van der Waals surface area contributed by atoms with Crippen LogP contribution >= 0.6 is 0 Å². The molecule has 0 amide bonds. The van der Waals surface area contributed by atoms with E-state index in [9.17, 15) is 4.79 Å². The van der Waals surface area contributed by atoms with Crippen LogP contribution in [-0.2, 0) is 13.0 Å². The van der Waals surface area contributed by atoms with Gasteiger partial charge in [-0.2, -0.15) is 0 Å². The SMILES string of the molecule is CCc1ccc(CN2CCC3(CC2)Nc2ccccc2C(=O)C3c2ccc(OC)cc2)cc1. The number of nitrogens with one attached hydrogen (secondary N) is 1. The fourth-order valence-electron chi connectivity index (χ4n) is 5.48. The number of anilines is 1. The second-order valence-electron chi connectivity index (χ2n) is 9.34. The lowest BCUT2D eigenvalue weighted by Gasteiger charge is -2.50. The summed E-state index contributed by atoms with van der Waals surface area (Å²) >= 11 is 0. The Kier molecular flexibility index (Phi) is 5.94. The van der Waals surface area contributed by atoms with Gasteiger partial charge in [0.1, 0.15) is 5.75 Å². The smallest absolute Gasteiger partial charge is 0.174 e. The molecule has 33 heavy (non-hydrogen) atoms. The van der Waals surface area contributed by atoms with Gasteiger partial charge >= 0.3 is 0 Å². The maximum atomic E-state index is 13.8. The van der Waals surface area contributed by atoms with Crippen molar-refractivity contribution in [2.75, 3.05) is 25.5 Å². The number of carbonyl (C=O) groups excluding carboxylic acids is 1. The summed E-state index contributed by atoms with van der Waals surface area (Å²) in [6.07, 6.45) is 2.92. The van der Waals surface area contributed by atoms with Crippen LogP contribution in [0.1, 0.15) is 52.7 Å². The van der Waals surface area contributed by atoms with Crippen molar-refractivity contribution in [3.05, 3.63) is 95.1 Å². The Morgan fingerprint density at radius 3 is 2.27 bits per heavy atom. The predicted octanol–water partition coefficient (Wildman–Crippen LogP) is 5.68. The molecule has 0 aliphatic carbocycles. The predicted molar refractivity (Wildman–Crippen MR) is 133 cm³/mol. The molecule has 0 bridgehead atoms. The Bertz CT molecular complexity index is 1110. The highest BCUT2D eigenvalue weighted by Crippen LogP contribution is 2.46. The zero-order valence-corrected chi connectivity index (χ0v) is 19.5. The highest BCUT2D eigenvalue weighted by Gasteiger charge is 2.49. The Balaban J connectivity index is 1.41. The quantitative estimate of drug-likeness (QED) is 0.554. The van der Waals surface area contributed by atoms with Crippen molar-refractivity contribution >= 4 is 11.5 Å². The third kappa shape index (κ3) is 4.16. The summed E-state index contributed by atoms with van der Waals surface area (Å²) in [5.74, 6) is 0.829. The molecule has 1 unspecified atom stereocenters. The average Bonchev–Trinajstić information content (AvgIpc) is 2.86. The highest BCUT2D eigenvalue weighted by atomic mass is 16.5. The number of aryl methyl sites for hydroxylation is 1. The maximum Gasteiger partial charge on any atom is 0.174 e. The first-order chi connectivity index (χ1) is 16.1. The van der Waals surface area contributed by atoms with Crippen molar-refractivity contribution in [1.82, 2.24) is 4.90 Å². The molecule has 0 saturated carbocycles. The van der Waals surface area contributed by atoms with Crippen molar-refractivity contribution in [2.45, 2.75) is 44.2 Å². The van der Waals surface area contributed by atoms with Gasteiger partial charge in [0.05, 0.1) is 18.6 Å². The topological polar surface area (TPSA) is 41.6 Å². The Hall–Kier alpha value is -3.11. The molecule has 1 N–H and O–H groups in total. The number of hydrogen-bond acceptors (Lipinski definition) is 4. The standard InChI is InChI=1S/C29H32N2O2/c1-3-21-8-10-22(11-9-21)20-31-18-16-29(17-19-31)27(23-12-14-24(33-2)15-13-23)28(32)25-6-4-5-7-26(25)30-29/h4-15,27,30H,3,16-20H2,1-2H3. The van der Waals surface area contributed by atoms with Gasteiger partial charge in [0.15, 0.2) is 5.78 Å². The van der Waals surface area contributed by atoms with E-state index < -0.39 is 0 Å². The molecule has 0 radical (unpaired) electrons. The van der Waals surface area contributed by atoms with E-state index in [0.717, 1.165) is 61.5 Å². The van der Waals surface area contributed by atoms with Crippen molar-refractivity contribution in [3.63, 3.8) is 0 Å². The Morgan fingerprint density at radius 1 is 0.939 bits per heavy atom. The summed E-state index contributed by atoms with van der Waals surface area (Å²) < 4.78 is 5.35. The summed E-state index contributed by atoms with van der Waals surface area (Å²) in [5, 5.41) is 3.84. The van der Waals surface area contributed by atoms with Gasteiger partial charge in [-0.3, -0.25) is 9.69 Å². The van der Waals surface area contributed by atoms with Crippen LogP contribution in [0.3, 0.4) is 0 Å². The molecule has 4 heteroatoms. The lowest BCUT2D eigenvalue weighted by atomic mass is 9.67. The van der Waals surface area contributed by atoms with Gasteiger partial charge in [-0.1, -0.05) is 55.5 Å². The lowest BCUT2D eigenvalue weighted by Crippen LogP contribution is -2.56. The number of carbonyl (C=O) groups is 1. The monoisotopic (exact) mass is 440 g/mol. The second-order valence-corrected chi connectivity index (χ2v) is 9.34. The van der Waals surface area contributed by atoms with Gasteiger partial charge in [0, 0.05) is 30.9 Å². The highest BCUT2D eigenvalue weighted by molar-refractivity contribution is 6.08. The van der Waals surface area contributed by atoms with Crippen LogP contribution in [0.2, 0.25) is 0 Å². The number of benzene rings is 3. The number of Topliss-reactive ketones (excluding diaryl/α,β-unsaturated/α-hetero) is 1. The molecule has 5 rings (SSSR count). The maximum absolute atomic E-state index is 13.8. The zero-order chi connectivity index (χ0) is 22.8. The van der Waals surface area contributed by atoms with E-state index in [-0.39, 0.29) is 17.2 Å². The molecule has 170 valence electrons. The number of rotatable bonds is 5. The Labute approximate surface area is 196 Å². The first kappa shape index (κ1) is 21.7. The molecule has 1 spiro atoms. The average molecular weight is 441 g/mol. The number of ether oxygens (including phenoxy) is 1. The van der Waals surface area contributed by atoms with E-state index in [2.05, 4.69) is 53.5 Å². The zero-order valence-electron chi connectivity index (χ0n) is 19.5. The number of para-hydroxylation sites is 1. The van der Waals surface area contributed by atoms with Crippen molar-refractivity contribution < 1.29 is 9.53 Å². The summed E-state index contributed by atoms with van der Waals surface area (Å²) in [6.45, 7) is 5.07. The number of hydrogen-bond donors (Lipinski definition) is 1. The fraction of sp³-hybridized carbons (Fsp3) is 0.345. The Morgan fingerprint density at radius 2 is 1.61 bits per heavy atom. The number of ketones is 1. The summed E-state index contributed by atoms with van der Waals surface area (Å²) in [7, 11) is 1.67. The minimum Gasteiger partial charge on any atom is -0.497 e. The van der Waals surface area contributed by atoms with E-state index in [0.29, 0.717) is 0 Å². The lowest BCUT2D eigenvalue weighted by molar-refractivity contribution is 0.0842. The van der Waals surface area contributed by atoms with E-state index in [1.54, 1.807) is 7.11 Å². The molecule has 1 saturated heterocycles. The van der Waals surface area contributed by atoms with E-state index >= 15 is 0 Å². The van der Waals surface area contributed by atoms with Gasteiger partial charge in [0.25, 0.3) is 0 Å². The van der Waals surface area contributed by atoms with Crippen molar-refractivity contribution in [3.8, 4) is 5.75 Å². The van der Waals surface area contributed by atoms with Gasteiger partial charge in [-0.25, -0.2) is 0 Å². The van der Waals surface area contributed by atoms with Gasteiger partial charge in [-0.15, -0.1) is 0 Å². The molecule has 0 aromatic heterocycles. The van der Waals surface area contributed by atoms with Crippen molar-refractivity contribution in [1.29, 1.82) is 0 Å². The first-order valence-electron chi connectivity index (χ1n) is 12.0. The molecule has 4 nitrogen and oxygen atoms in total. The summed E-state index contributed by atoms with van der Waals surface area (Å²) in [4.78, 5) is 16.3. The third-order valence-corrected chi connectivity index (χ3v) is 7.43. The second kappa shape index (κ2) is 9.03. The van der Waals surface area contributed by atoms with Gasteiger partial charge < -0.3 is 10.1 Å². The third-order valence-electron chi connectivity index (χ3n) is 7.43. The number of likely N-dealkylation sites (tertiary alicyclic amines) is 1. The van der Waals surface area contributed by atoms with Crippen LogP contribution in [0.25, 0.3) is 0 Å². The van der Waals surface area contributed by atoms with Gasteiger partial charge in [-0.05, 0) is 60.2 Å². The van der Waals surface area contributed by atoms with E-state index in [1.165, 1.54) is 11.1 Å². The molecule has 3 aromatic rings. The molecule has 1 atom stereocenters. The molecule has 2 aliphatic heterocycles. The minimum absolute atomic E-state index is 0.204. The van der Waals surface area contributed by atoms with Crippen LogP contribution in [0.4, 0.5) is 5.69 Å². The van der Waals surface area contributed by atoms with Crippen molar-refractivity contribution in [2.24, 2.45) is 0 Å². The van der Waals surface area contributed by atoms with E-state index in [4.69, 9.17) is 4.74 Å². The molecule has 2 heterocycles. The fourth-order valence-corrected chi connectivity index (χ4v) is 5.48. The normalized spacial score (nSPS) is 19.7. The number of nitrogens with zero attached hydrogens (tertiary/aromatic N) is 1.